The number of rotatable bonds is 4. The largest absolute Gasteiger partial charge is 0.372 e. The molecule has 0 atom stereocenters. The highest BCUT2D eigenvalue weighted by molar-refractivity contribution is 7.92. The SMILES string of the molecule is CNc1ncccc1S(=O)(=O)Nc1ccc(C)cn1. The third-order valence-corrected chi connectivity index (χ3v) is 3.83. The van der Waals surface area contributed by atoms with Crippen molar-refractivity contribution in [3.05, 3.63) is 42.2 Å². The van der Waals surface area contributed by atoms with Crippen molar-refractivity contribution in [1.82, 2.24) is 9.97 Å². The molecule has 6 nitrogen and oxygen atoms in total. The second-order valence-electron chi connectivity index (χ2n) is 3.93. The van der Waals surface area contributed by atoms with E-state index in [9.17, 15) is 8.42 Å². The second kappa shape index (κ2) is 5.23. The zero-order valence-electron chi connectivity index (χ0n) is 10.6. The fraction of sp³-hybridized carbons (Fsp3) is 0.167. The van der Waals surface area contributed by atoms with Crippen LogP contribution in [0, 0.1) is 6.92 Å². The maximum atomic E-state index is 12.2. The summed E-state index contributed by atoms with van der Waals surface area (Å²) in [6, 6.07) is 6.45. The molecule has 0 bridgehead atoms. The van der Waals surface area contributed by atoms with Gasteiger partial charge in [-0.2, -0.15) is 0 Å². The molecule has 0 aliphatic carbocycles. The molecule has 0 aromatic carbocycles. The van der Waals surface area contributed by atoms with Crippen LogP contribution < -0.4 is 10.0 Å². The number of pyridine rings is 2. The van der Waals surface area contributed by atoms with Crippen molar-refractivity contribution in [1.29, 1.82) is 0 Å². The van der Waals surface area contributed by atoms with Crippen molar-refractivity contribution in [2.24, 2.45) is 0 Å². The molecular weight excluding hydrogens is 264 g/mol. The highest BCUT2D eigenvalue weighted by Gasteiger charge is 2.19. The van der Waals surface area contributed by atoms with Gasteiger partial charge in [0.1, 0.15) is 16.5 Å². The summed E-state index contributed by atoms with van der Waals surface area (Å²) in [5.74, 6) is 0.568. The van der Waals surface area contributed by atoms with Gasteiger partial charge in [-0.1, -0.05) is 6.07 Å². The molecule has 0 aliphatic heterocycles. The van der Waals surface area contributed by atoms with Gasteiger partial charge in [-0.15, -0.1) is 0 Å². The maximum Gasteiger partial charge on any atom is 0.266 e. The molecule has 2 heterocycles. The Bertz CT molecular complexity index is 668. The van der Waals surface area contributed by atoms with E-state index < -0.39 is 10.0 Å². The van der Waals surface area contributed by atoms with Crippen LogP contribution in [0.3, 0.4) is 0 Å². The molecule has 0 saturated carbocycles. The molecule has 0 aliphatic rings. The van der Waals surface area contributed by atoms with Crippen molar-refractivity contribution in [3.8, 4) is 0 Å². The van der Waals surface area contributed by atoms with E-state index in [0.29, 0.717) is 5.82 Å². The van der Waals surface area contributed by atoms with Gasteiger partial charge in [0.05, 0.1) is 0 Å². The summed E-state index contributed by atoms with van der Waals surface area (Å²) in [5.41, 5.74) is 0.959. The Morgan fingerprint density at radius 3 is 2.58 bits per heavy atom. The molecule has 2 N–H and O–H groups in total. The molecular formula is C12H14N4O2S. The van der Waals surface area contributed by atoms with E-state index >= 15 is 0 Å². The van der Waals surface area contributed by atoms with E-state index in [0.717, 1.165) is 5.56 Å². The normalized spacial score (nSPS) is 11.1. The first kappa shape index (κ1) is 13.3. The maximum absolute atomic E-state index is 12.2. The minimum absolute atomic E-state index is 0.0832. The first-order valence-corrected chi connectivity index (χ1v) is 7.09. The van der Waals surface area contributed by atoms with Crippen LogP contribution in [0.4, 0.5) is 11.6 Å². The molecule has 2 aromatic rings. The van der Waals surface area contributed by atoms with E-state index in [4.69, 9.17) is 0 Å². The molecule has 0 amide bonds. The number of hydrogen-bond acceptors (Lipinski definition) is 5. The number of nitrogens with one attached hydrogen (secondary N) is 2. The predicted octanol–water partition coefficient (Wildman–Crippen LogP) is 1.63. The van der Waals surface area contributed by atoms with Gasteiger partial charge >= 0.3 is 0 Å². The lowest BCUT2D eigenvalue weighted by Gasteiger charge is -2.10. The van der Waals surface area contributed by atoms with Gasteiger partial charge in [0.2, 0.25) is 0 Å². The highest BCUT2D eigenvalue weighted by Crippen LogP contribution is 2.20. The van der Waals surface area contributed by atoms with Crippen molar-refractivity contribution >= 4 is 21.7 Å². The van der Waals surface area contributed by atoms with Crippen LogP contribution in [0.1, 0.15) is 5.56 Å². The Morgan fingerprint density at radius 1 is 1.16 bits per heavy atom. The van der Waals surface area contributed by atoms with Crippen LogP contribution >= 0.6 is 0 Å². The van der Waals surface area contributed by atoms with Crippen molar-refractivity contribution in [3.63, 3.8) is 0 Å². The number of hydrogen-bond donors (Lipinski definition) is 2. The quantitative estimate of drug-likeness (QED) is 0.888. The average molecular weight is 278 g/mol. The van der Waals surface area contributed by atoms with Crippen LogP contribution in [0.5, 0.6) is 0 Å². The van der Waals surface area contributed by atoms with Gasteiger partial charge in [0.25, 0.3) is 10.0 Å². The molecule has 19 heavy (non-hydrogen) atoms. The average Bonchev–Trinajstić information content (AvgIpc) is 2.41. The second-order valence-corrected chi connectivity index (χ2v) is 5.58. The predicted molar refractivity (Wildman–Crippen MR) is 73.6 cm³/mol. The summed E-state index contributed by atoms with van der Waals surface area (Å²) >= 11 is 0. The summed E-state index contributed by atoms with van der Waals surface area (Å²) in [4.78, 5) is 8.07. The number of anilines is 2. The van der Waals surface area contributed by atoms with Crippen LogP contribution in [-0.4, -0.2) is 25.4 Å². The smallest absolute Gasteiger partial charge is 0.266 e. The summed E-state index contributed by atoms with van der Waals surface area (Å²) in [6.45, 7) is 1.88. The van der Waals surface area contributed by atoms with E-state index in [1.165, 1.54) is 12.3 Å². The first-order valence-electron chi connectivity index (χ1n) is 5.61. The molecule has 7 heteroatoms. The Morgan fingerprint density at radius 2 is 1.95 bits per heavy atom. The molecule has 0 saturated heterocycles. The van der Waals surface area contributed by atoms with E-state index in [1.807, 2.05) is 6.92 Å². The fourth-order valence-electron chi connectivity index (χ4n) is 1.52. The monoisotopic (exact) mass is 278 g/mol. The van der Waals surface area contributed by atoms with Gasteiger partial charge in [0, 0.05) is 19.4 Å². The summed E-state index contributed by atoms with van der Waals surface area (Å²) < 4.78 is 26.9. The third-order valence-electron chi connectivity index (χ3n) is 2.45. The fourth-order valence-corrected chi connectivity index (χ4v) is 2.69. The lowest BCUT2D eigenvalue weighted by atomic mass is 10.3. The van der Waals surface area contributed by atoms with E-state index in [2.05, 4.69) is 20.0 Å². The van der Waals surface area contributed by atoms with Crippen molar-refractivity contribution < 1.29 is 8.42 Å². The van der Waals surface area contributed by atoms with Gasteiger partial charge < -0.3 is 5.32 Å². The van der Waals surface area contributed by atoms with Gasteiger partial charge in [-0.05, 0) is 30.7 Å². The highest BCUT2D eigenvalue weighted by atomic mass is 32.2. The standard InChI is InChI=1S/C12H14N4O2S/c1-9-5-6-11(15-8-9)16-19(17,18)10-4-3-7-14-12(10)13-2/h3-8H,1-2H3,(H,13,14)(H,15,16). The lowest BCUT2D eigenvalue weighted by Crippen LogP contribution is -2.16. The minimum atomic E-state index is -3.71. The van der Waals surface area contributed by atoms with Gasteiger partial charge in [-0.25, -0.2) is 18.4 Å². The Kier molecular flexibility index (Phi) is 3.66. The van der Waals surface area contributed by atoms with Crippen LogP contribution in [0.15, 0.2) is 41.6 Å². The summed E-state index contributed by atoms with van der Waals surface area (Å²) in [6.07, 6.45) is 3.12. The number of aryl methyl sites for hydroxylation is 1. The molecule has 2 rings (SSSR count). The van der Waals surface area contributed by atoms with Crippen LogP contribution in [-0.2, 0) is 10.0 Å². The summed E-state index contributed by atoms with van der Waals surface area (Å²) in [5, 5.41) is 2.75. The van der Waals surface area contributed by atoms with Gasteiger partial charge in [-0.3, -0.25) is 4.72 Å². The number of nitrogens with zero attached hydrogens (tertiary/aromatic N) is 2. The van der Waals surface area contributed by atoms with E-state index in [-0.39, 0.29) is 10.7 Å². The molecule has 0 unspecified atom stereocenters. The zero-order valence-corrected chi connectivity index (χ0v) is 11.4. The molecule has 2 aromatic heterocycles. The summed E-state index contributed by atoms with van der Waals surface area (Å²) in [7, 11) is -2.09. The third kappa shape index (κ3) is 3.00. The van der Waals surface area contributed by atoms with Crippen molar-refractivity contribution in [2.75, 3.05) is 17.1 Å². The molecule has 0 fully saturated rings. The topological polar surface area (TPSA) is 84.0 Å². The first-order chi connectivity index (χ1) is 9.03. The number of aromatic nitrogens is 2. The number of sulfonamides is 1. The Balaban J connectivity index is 2.35. The van der Waals surface area contributed by atoms with Crippen LogP contribution in [0.2, 0.25) is 0 Å². The zero-order chi connectivity index (χ0) is 13.9. The molecule has 0 spiro atoms. The van der Waals surface area contributed by atoms with E-state index in [1.54, 1.807) is 31.4 Å². The molecule has 100 valence electrons. The Hall–Kier alpha value is -2.15. The lowest BCUT2D eigenvalue weighted by molar-refractivity contribution is 0.601. The van der Waals surface area contributed by atoms with Crippen LogP contribution in [0.25, 0.3) is 0 Å². The van der Waals surface area contributed by atoms with Gasteiger partial charge in [0.15, 0.2) is 0 Å². The Labute approximate surface area is 112 Å². The van der Waals surface area contributed by atoms with Crippen molar-refractivity contribution in [2.45, 2.75) is 11.8 Å². The minimum Gasteiger partial charge on any atom is -0.372 e. The molecule has 0 radical (unpaired) electrons.